The van der Waals surface area contributed by atoms with Crippen LogP contribution in [0.15, 0.2) is 0 Å². The van der Waals surface area contributed by atoms with Gasteiger partial charge in [-0.1, -0.05) is 0 Å². The topological polar surface area (TPSA) is 252 Å². The van der Waals surface area contributed by atoms with Crippen molar-refractivity contribution >= 4 is 51.5 Å². The summed E-state index contributed by atoms with van der Waals surface area (Å²) in [6.07, 6.45) is -1.62. The molecule has 0 radical (unpaired) electrons. The summed E-state index contributed by atoms with van der Waals surface area (Å²) < 4.78 is 78.2. The third-order valence-corrected chi connectivity index (χ3v) is 4.08. The summed E-state index contributed by atoms with van der Waals surface area (Å²) in [6, 6.07) is 0. The second-order valence-corrected chi connectivity index (χ2v) is 12.5. The minimum atomic E-state index is -4.64. The standard InChI is InChI=1S/C6H14FO3P.C6H15O4P.C3H8O.FH3IP.FH.H3O4P.2H2O/c2*1-5(2)9-11(7,8)10-6(3)4;1-3(2)4;1-2-3;;1-5(2,3)4;;/h5-6H,1-4H3;5-6H,1-4H3,(H,7,8);3-4H,1-2H3;2H,3H2;1H;(H3,1,2,3,4);2*1H2/i;;;2D;;;;. The molecule has 0 saturated carbocycles. The first-order valence-corrected chi connectivity index (χ1v) is 19.1. The number of phosphoric ester groups is 1. The molecule has 14 nitrogen and oxygen atoms in total. The fraction of sp³-hybridized carbons (Fsp3) is 1.00. The number of rotatable bonds is 8. The Morgan fingerprint density at radius 2 is 0.865 bits per heavy atom. The van der Waals surface area contributed by atoms with Crippen LogP contribution in [0.25, 0.3) is 0 Å². The number of aliphatic hydroxyl groups is 1. The zero-order chi connectivity index (χ0) is 29.8. The van der Waals surface area contributed by atoms with Gasteiger partial charge in [0.2, 0.25) is 0 Å². The van der Waals surface area contributed by atoms with Gasteiger partial charge < -0.3 is 35.6 Å². The molecule has 0 amide bonds. The van der Waals surface area contributed by atoms with Crippen LogP contribution in [0.4, 0.5) is 11.8 Å². The number of hydrogen-bond donors (Lipinski definition) is 5. The number of hydrogen-bond acceptors (Lipinski definition) is 8. The molecule has 0 aromatic heterocycles. The van der Waals surface area contributed by atoms with E-state index in [4.69, 9.17) is 29.8 Å². The molecule has 240 valence electrons. The third-order valence-electron chi connectivity index (χ3n) is 1.36. The van der Waals surface area contributed by atoms with E-state index in [0.29, 0.717) is 0 Å². The van der Waals surface area contributed by atoms with Crippen LogP contribution >= 0.6 is 51.5 Å². The average Bonchev–Trinajstić information content (AvgIpc) is 2.37. The monoisotopic (exact) mass is 761 g/mol. The van der Waals surface area contributed by atoms with Crippen LogP contribution in [0, 0.1) is 0 Å². The Morgan fingerprint density at radius 1 is 0.730 bits per heavy atom. The molecule has 1 unspecified atom stereocenters. The molecule has 0 spiro atoms. The SMILES string of the molecule is CC(C)O.CC(C)OP(=O)(F)OC(C)C.CC(C)OP(=O)(O)OC(C)C.F.O.O.O=P(O)(O)O.[2H]I(F)P. The van der Waals surface area contributed by atoms with Gasteiger partial charge in [-0.05, 0) is 69.2 Å². The quantitative estimate of drug-likeness (QED) is 0.173. The van der Waals surface area contributed by atoms with Crippen LogP contribution in [0.2, 0.25) is 0 Å². The molecular formula is C15H48F3IO14P4. The van der Waals surface area contributed by atoms with E-state index in [-0.39, 0.29) is 34.0 Å². The molecule has 0 fully saturated rings. The third kappa shape index (κ3) is 103. The predicted molar refractivity (Wildman–Crippen MR) is 151 cm³/mol. The van der Waals surface area contributed by atoms with Gasteiger partial charge in [0.05, 0.1) is 24.4 Å². The Kier molecular flexibility index (Phi) is 46.6. The predicted octanol–water partition coefficient (Wildman–Crippen LogP) is 4.18. The van der Waals surface area contributed by atoms with Crippen molar-refractivity contribution in [1.29, 1.82) is 0.594 Å². The molecule has 0 heterocycles. The van der Waals surface area contributed by atoms with E-state index in [1.54, 1.807) is 69.2 Å². The van der Waals surface area contributed by atoms with E-state index in [1.165, 1.54) is 0 Å². The summed E-state index contributed by atoms with van der Waals surface area (Å²) in [7, 11) is -12.7. The first-order chi connectivity index (χ1) is 15.1. The van der Waals surface area contributed by atoms with Crippen molar-refractivity contribution in [3.63, 3.8) is 0 Å². The van der Waals surface area contributed by atoms with E-state index in [1.807, 2.05) is 6.88 Å². The molecule has 0 bridgehead atoms. The van der Waals surface area contributed by atoms with Crippen LogP contribution in [-0.4, -0.2) is 66.7 Å². The maximum absolute atomic E-state index is 12.7. The molecule has 0 rings (SSSR count). The molecule has 0 aromatic carbocycles. The zero-order valence-corrected chi connectivity index (χ0v) is 28.4. The summed E-state index contributed by atoms with van der Waals surface area (Å²) in [5, 5.41) is 8.06. The second-order valence-electron chi connectivity index (χ2n) is 7.21. The van der Waals surface area contributed by atoms with E-state index in [9.17, 15) is 16.2 Å². The molecule has 37 heavy (non-hydrogen) atoms. The van der Waals surface area contributed by atoms with Gasteiger partial charge in [-0.25, -0.2) is 13.7 Å². The van der Waals surface area contributed by atoms with Crippen LogP contribution in [0.3, 0.4) is 0 Å². The molecule has 0 aliphatic carbocycles. The fourth-order valence-corrected chi connectivity index (χ4v) is 3.26. The molecule has 22 heteroatoms. The zero-order valence-electron chi connectivity index (χ0n) is 23.4. The molecule has 0 saturated heterocycles. The van der Waals surface area contributed by atoms with Crippen molar-refractivity contribution in [2.45, 2.75) is 99.8 Å². The van der Waals surface area contributed by atoms with Crippen molar-refractivity contribution in [2.24, 2.45) is 0 Å². The van der Waals surface area contributed by atoms with Crippen molar-refractivity contribution in [3.8, 4) is 0 Å². The Balaban J connectivity index is -0.0000000519. The van der Waals surface area contributed by atoms with E-state index < -0.39 is 56.8 Å². The number of phosphoric acid groups is 2. The minimum absolute atomic E-state index is 0. The van der Waals surface area contributed by atoms with Gasteiger partial charge >= 0.3 is 54.9 Å². The van der Waals surface area contributed by atoms with E-state index >= 15 is 0 Å². The van der Waals surface area contributed by atoms with Crippen molar-refractivity contribution in [1.82, 2.24) is 0 Å². The van der Waals surface area contributed by atoms with Crippen LogP contribution in [0.1, 0.15) is 69.2 Å². The van der Waals surface area contributed by atoms with Gasteiger partial charge in [0, 0.05) is 6.10 Å². The first kappa shape index (κ1) is 54.3. The molecule has 9 N–H and O–H groups in total. The molecule has 0 aliphatic rings. The van der Waals surface area contributed by atoms with Crippen molar-refractivity contribution in [3.05, 3.63) is 0 Å². The number of aliphatic hydroxyl groups excluding tert-OH is 1. The summed E-state index contributed by atoms with van der Waals surface area (Å²) in [6.45, 7) is 18.3. The average molecular weight is 761 g/mol. The summed E-state index contributed by atoms with van der Waals surface area (Å²) >= 11 is -2.60. The summed E-state index contributed by atoms with van der Waals surface area (Å²) in [5.41, 5.74) is 0. The summed E-state index contributed by atoms with van der Waals surface area (Å²) in [4.78, 5) is 30.5. The van der Waals surface area contributed by atoms with Crippen LogP contribution in [0.5, 0.6) is 0 Å². The fourth-order valence-electron chi connectivity index (χ4n) is 1.09. The summed E-state index contributed by atoms with van der Waals surface area (Å²) in [5.74, 6) is 0. The molecular weight excluding hydrogens is 712 g/mol. The Hall–Kier alpha value is 1.20. The van der Waals surface area contributed by atoms with Crippen molar-refractivity contribution in [2.75, 3.05) is 0 Å². The van der Waals surface area contributed by atoms with Gasteiger partial charge in [0.25, 0.3) is 0 Å². The van der Waals surface area contributed by atoms with Gasteiger partial charge in [-0.15, -0.1) is 4.20 Å². The molecule has 1 atom stereocenters. The van der Waals surface area contributed by atoms with Crippen LogP contribution in [-0.2, 0) is 31.8 Å². The Labute approximate surface area is 230 Å². The Morgan fingerprint density at radius 3 is 0.973 bits per heavy atom. The second kappa shape index (κ2) is 31.7. The molecule has 0 aliphatic heterocycles. The van der Waals surface area contributed by atoms with Gasteiger partial charge in [-0.3, -0.25) is 22.8 Å². The van der Waals surface area contributed by atoms with Crippen molar-refractivity contribution < 1.29 is 79.2 Å². The first-order valence-electron chi connectivity index (χ1n) is 9.96. The van der Waals surface area contributed by atoms with Crippen LogP contribution < -0.4 is 0 Å². The Bertz CT molecular complexity index is 548. The maximum atomic E-state index is 12.7. The van der Waals surface area contributed by atoms with E-state index in [2.05, 4.69) is 18.1 Å². The molecule has 0 aromatic rings. The van der Waals surface area contributed by atoms with E-state index in [0.717, 1.165) is 0 Å². The number of halogens is 4. The normalized spacial score (nSPS) is 11.5. The van der Waals surface area contributed by atoms with Gasteiger partial charge in [0.15, 0.2) is 0 Å². The van der Waals surface area contributed by atoms with Gasteiger partial charge in [-0.2, -0.15) is 0 Å². The van der Waals surface area contributed by atoms with Gasteiger partial charge in [0.1, 0.15) is 0 Å².